The fraction of sp³-hybridized carbons (Fsp3) is 0.0508. The molecule has 10 aromatic carbocycles. The first-order chi connectivity index (χ1) is 30.0. The van der Waals surface area contributed by atoms with E-state index < -0.39 is 0 Å². The van der Waals surface area contributed by atoms with Crippen LogP contribution in [0.4, 0.5) is 17.1 Å². The molecule has 0 amide bonds. The lowest BCUT2D eigenvalue weighted by atomic mass is 9.81. The lowest BCUT2D eigenvalue weighted by Gasteiger charge is -2.28. The second kappa shape index (κ2) is 13.9. The highest BCUT2D eigenvalue weighted by Gasteiger charge is 2.36. The van der Waals surface area contributed by atoms with E-state index in [0.29, 0.717) is 0 Å². The van der Waals surface area contributed by atoms with Crippen LogP contribution >= 0.6 is 11.3 Å². The molecule has 1 nitrogen and oxygen atoms in total. The summed E-state index contributed by atoms with van der Waals surface area (Å²) in [5.74, 6) is 0. The second-order valence-corrected chi connectivity index (χ2v) is 18.0. The third-order valence-electron chi connectivity index (χ3n) is 13.0. The number of fused-ring (bicyclic) bond motifs is 8. The Labute approximate surface area is 360 Å². The van der Waals surface area contributed by atoms with Gasteiger partial charge in [-0.3, -0.25) is 0 Å². The van der Waals surface area contributed by atoms with E-state index in [0.717, 1.165) is 17.1 Å². The van der Waals surface area contributed by atoms with Crippen LogP contribution in [0.5, 0.6) is 0 Å². The van der Waals surface area contributed by atoms with Crippen LogP contribution in [-0.2, 0) is 5.41 Å². The van der Waals surface area contributed by atoms with Crippen molar-refractivity contribution in [3.05, 3.63) is 223 Å². The topological polar surface area (TPSA) is 3.24 Å². The van der Waals surface area contributed by atoms with Gasteiger partial charge < -0.3 is 4.90 Å². The van der Waals surface area contributed by atoms with Crippen LogP contribution in [0.3, 0.4) is 0 Å². The van der Waals surface area contributed by atoms with E-state index in [1.807, 2.05) is 11.3 Å². The molecule has 11 aromatic rings. The van der Waals surface area contributed by atoms with Crippen molar-refractivity contribution in [1.29, 1.82) is 0 Å². The Morgan fingerprint density at radius 2 is 0.885 bits per heavy atom. The van der Waals surface area contributed by atoms with E-state index in [1.54, 1.807) is 0 Å². The average Bonchev–Trinajstić information content (AvgIpc) is 3.80. The van der Waals surface area contributed by atoms with Crippen molar-refractivity contribution in [3.8, 4) is 44.5 Å². The van der Waals surface area contributed by atoms with E-state index in [4.69, 9.17) is 0 Å². The van der Waals surface area contributed by atoms with E-state index >= 15 is 0 Å². The summed E-state index contributed by atoms with van der Waals surface area (Å²) in [5, 5.41) is 7.64. The van der Waals surface area contributed by atoms with Crippen molar-refractivity contribution >= 4 is 70.1 Å². The van der Waals surface area contributed by atoms with Gasteiger partial charge >= 0.3 is 0 Å². The van der Waals surface area contributed by atoms with Crippen LogP contribution in [-0.4, -0.2) is 0 Å². The van der Waals surface area contributed by atoms with Crippen LogP contribution in [0.15, 0.2) is 212 Å². The van der Waals surface area contributed by atoms with Crippen LogP contribution in [0, 0.1) is 0 Å². The minimum Gasteiger partial charge on any atom is -0.310 e. The maximum atomic E-state index is 2.44. The zero-order valence-corrected chi connectivity index (χ0v) is 34.9. The second-order valence-electron chi connectivity index (χ2n) is 17.0. The van der Waals surface area contributed by atoms with Crippen molar-refractivity contribution in [1.82, 2.24) is 0 Å². The minimum atomic E-state index is -0.169. The number of rotatable bonds is 6. The molecule has 1 heterocycles. The molecule has 0 unspecified atom stereocenters. The summed E-state index contributed by atoms with van der Waals surface area (Å²) < 4.78 is 2.68. The van der Waals surface area contributed by atoms with Gasteiger partial charge in [-0.15, -0.1) is 11.3 Å². The molecule has 1 aromatic heterocycles. The molecule has 0 spiro atoms. The molecule has 61 heavy (non-hydrogen) atoms. The summed E-state index contributed by atoms with van der Waals surface area (Å²) in [6.07, 6.45) is 0. The van der Waals surface area contributed by atoms with Crippen molar-refractivity contribution in [2.75, 3.05) is 4.90 Å². The number of benzene rings is 10. The number of thiophene rings is 1. The van der Waals surface area contributed by atoms with Gasteiger partial charge in [0.15, 0.2) is 0 Å². The Kier molecular flexibility index (Phi) is 8.13. The predicted octanol–water partition coefficient (Wildman–Crippen LogP) is 17.1. The minimum absolute atomic E-state index is 0.169. The molecule has 288 valence electrons. The van der Waals surface area contributed by atoms with Gasteiger partial charge in [0.05, 0.1) is 0 Å². The first-order valence-corrected chi connectivity index (χ1v) is 22.0. The van der Waals surface area contributed by atoms with Crippen molar-refractivity contribution in [2.45, 2.75) is 19.3 Å². The van der Waals surface area contributed by atoms with Gasteiger partial charge in [0, 0.05) is 42.6 Å². The molecule has 0 bridgehead atoms. The highest BCUT2D eigenvalue weighted by atomic mass is 32.1. The first kappa shape index (κ1) is 35.7. The average molecular weight is 796 g/mol. The fourth-order valence-corrected chi connectivity index (χ4v) is 11.0. The lowest BCUT2D eigenvalue weighted by Crippen LogP contribution is -2.16. The SMILES string of the molecule is CC1(C)c2cc(-c3ccccc3)ccc2-c2ccc(N(c3ccc(-c4ccc(-c5cccc6c5sc5ccccc56)cc4)cc3)c3ccc4cc5ccccc5cc4c3)cc21. The van der Waals surface area contributed by atoms with Crippen LogP contribution in [0.1, 0.15) is 25.0 Å². The Balaban J connectivity index is 0.932. The Morgan fingerprint density at radius 3 is 1.67 bits per heavy atom. The zero-order chi connectivity index (χ0) is 40.7. The summed E-state index contributed by atoms with van der Waals surface area (Å²) in [7, 11) is 0. The van der Waals surface area contributed by atoms with Gasteiger partial charge in [-0.1, -0.05) is 166 Å². The molecule has 0 atom stereocenters. The first-order valence-electron chi connectivity index (χ1n) is 21.2. The van der Waals surface area contributed by atoms with E-state index in [-0.39, 0.29) is 5.41 Å². The van der Waals surface area contributed by atoms with Crippen molar-refractivity contribution in [2.24, 2.45) is 0 Å². The summed E-state index contributed by atoms with van der Waals surface area (Å²) in [6.45, 7) is 4.76. The zero-order valence-electron chi connectivity index (χ0n) is 34.1. The summed E-state index contributed by atoms with van der Waals surface area (Å²) >= 11 is 1.88. The number of hydrogen-bond acceptors (Lipinski definition) is 2. The van der Waals surface area contributed by atoms with Gasteiger partial charge in [0.25, 0.3) is 0 Å². The van der Waals surface area contributed by atoms with Gasteiger partial charge in [0.1, 0.15) is 0 Å². The van der Waals surface area contributed by atoms with Crippen molar-refractivity contribution in [3.63, 3.8) is 0 Å². The molecule has 0 saturated heterocycles. The molecule has 0 saturated carbocycles. The maximum absolute atomic E-state index is 2.44. The highest BCUT2D eigenvalue weighted by Crippen LogP contribution is 2.52. The van der Waals surface area contributed by atoms with E-state index in [9.17, 15) is 0 Å². The monoisotopic (exact) mass is 795 g/mol. The molecule has 1 aliphatic rings. The third kappa shape index (κ3) is 5.90. The summed E-state index contributed by atoms with van der Waals surface area (Å²) in [6, 6.07) is 78.6. The third-order valence-corrected chi connectivity index (χ3v) is 14.3. The lowest BCUT2D eigenvalue weighted by molar-refractivity contribution is 0.660. The van der Waals surface area contributed by atoms with E-state index in [1.165, 1.54) is 97.4 Å². The molecule has 0 fully saturated rings. The predicted molar refractivity (Wildman–Crippen MR) is 263 cm³/mol. The van der Waals surface area contributed by atoms with Crippen molar-refractivity contribution < 1.29 is 0 Å². The van der Waals surface area contributed by atoms with Crippen LogP contribution in [0.25, 0.3) is 86.2 Å². The molecule has 12 rings (SSSR count). The molecule has 0 radical (unpaired) electrons. The highest BCUT2D eigenvalue weighted by molar-refractivity contribution is 7.26. The van der Waals surface area contributed by atoms with Crippen LogP contribution < -0.4 is 4.90 Å². The molecular formula is C59H41NS. The molecular weight excluding hydrogens is 755 g/mol. The van der Waals surface area contributed by atoms with Gasteiger partial charge in [-0.2, -0.15) is 0 Å². The number of anilines is 3. The van der Waals surface area contributed by atoms with E-state index in [2.05, 4.69) is 231 Å². The molecule has 0 aliphatic heterocycles. The maximum Gasteiger partial charge on any atom is 0.0468 e. The quantitative estimate of drug-likeness (QED) is 0.152. The molecule has 1 aliphatic carbocycles. The van der Waals surface area contributed by atoms with Gasteiger partial charge in [-0.05, 0) is 138 Å². The molecule has 2 heteroatoms. The standard InChI is InChI=1S/C59H41NS/c1-59(2)55-36-45(38-11-4-3-5-12-38)26-31-51(55)52-32-30-49(37-56(52)59)60(48-29-25-44-33-42-13-6-7-14-43(42)34-46(44)35-48)47-27-23-40(24-28-47)39-19-21-41(22-20-39)50-16-10-17-54-53-15-8-9-18-57(53)61-58(50)54/h3-37H,1-2H3. The Bertz CT molecular complexity index is 3480. The fourth-order valence-electron chi connectivity index (χ4n) is 9.81. The normalized spacial score (nSPS) is 12.9. The van der Waals surface area contributed by atoms with Crippen LogP contribution in [0.2, 0.25) is 0 Å². The molecule has 0 N–H and O–H groups in total. The van der Waals surface area contributed by atoms with Gasteiger partial charge in [-0.25, -0.2) is 0 Å². The summed E-state index contributed by atoms with van der Waals surface area (Å²) in [4.78, 5) is 2.43. The smallest absolute Gasteiger partial charge is 0.0468 e. The Morgan fingerprint density at radius 1 is 0.344 bits per heavy atom. The van der Waals surface area contributed by atoms with Gasteiger partial charge in [0.2, 0.25) is 0 Å². The number of nitrogens with zero attached hydrogens (tertiary/aromatic N) is 1. The summed E-state index contributed by atoms with van der Waals surface area (Å²) in [5.41, 5.74) is 16.0. The number of hydrogen-bond donors (Lipinski definition) is 0. The Hall–Kier alpha value is -7.26. The largest absolute Gasteiger partial charge is 0.310 e.